The fraction of sp³-hybridized carbons (Fsp3) is 0.222. The normalized spacial score (nSPS) is 12.0. The van der Waals surface area contributed by atoms with Crippen molar-refractivity contribution in [2.24, 2.45) is 5.92 Å². The minimum Gasteiger partial charge on any atom is -0.459 e. The maximum Gasteiger partial charge on any atom is 0.287 e. The van der Waals surface area contributed by atoms with E-state index in [9.17, 15) is 9.59 Å². The average molecular weight is 370 g/mol. The Bertz CT molecular complexity index is 875. The molecule has 2 amide bonds. The maximum atomic E-state index is 12.6. The van der Waals surface area contributed by atoms with Crippen LogP contribution in [0.2, 0.25) is 0 Å². The molecule has 26 heavy (non-hydrogen) atoms. The predicted molar refractivity (Wildman–Crippen MR) is 98.8 cm³/mol. The summed E-state index contributed by atoms with van der Waals surface area (Å²) in [6, 6.07) is 8.00. The molecule has 0 fully saturated rings. The van der Waals surface area contributed by atoms with Gasteiger partial charge in [-0.3, -0.25) is 14.6 Å². The second-order valence-corrected chi connectivity index (χ2v) is 6.77. The van der Waals surface area contributed by atoms with Crippen LogP contribution in [0.3, 0.4) is 0 Å². The molecular formula is C18H18N4O3S. The lowest BCUT2D eigenvalue weighted by molar-refractivity contribution is -0.118. The molecule has 0 radical (unpaired) electrons. The number of nitrogens with one attached hydrogen (secondary N) is 2. The number of hydrogen-bond acceptors (Lipinski definition) is 6. The van der Waals surface area contributed by atoms with E-state index in [2.05, 4.69) is 20.6 Å². The van der Waals surface area contributed by atoms with Crippen LogP contribution in [0.15, 0.2) is 52.6 Å². The minimum atomic E-state index is -0.713. The molecule has 7 nitrogen and oxygen atoms in total. The zero-order valence-corrected chi connectivity index (χ0v) is 15.1. The highest BCUT2D eigenvalue weighted by Crippen LogP contribution is 2.23. The summed E-state index contributed by atoms with van der Waals surface area (Å²) >= 11 is 1.30. The molecule has 1 atom stereocenters. The van der Waals surface area contributed by atoms with Gasteiger partial charge in [-0.05, 0) is 30.2 Å². The van der Waals surface area contributed by atoms with E-state index in [0.29, 0.717) is 10.8 Å². The van der Waals surface area contributed by atoms with Crippen molar-refractivity contribution in [3.05, 3.63) is 53.9 Å². The van der Waals surface area contributed by atoms with Crippen molar-refractivity contribution in [2.45, 2.75) is 19.9 Å². The van der Waals surface area contributed by atoms with E-state index in [1.165, 1.54) is 17.6 Å². The van der Waals surface area contributed by atoms with Crippen molar-refractivity contribution in [1.29, 1.82) is 0 Å². The van der Waals surface area contributed by atoms with Gasteiger partial charge in [0.1, 0.15) is 11.7 Å². The lowest BCUT2D eigenvalue weighted by Gasteiger charge is -2.20. The number of pyridine rings is 1. The molecule has 0 bridgehead atoms. The van der Waals surface area contributed by atoms with E-state index < -0.39 is 11.9 Å². The van der Waals surface area contributed by atoms with Gasteiger partial charge in [0, 0.05) is 11.6 Å². The molecule has 1 unspecified atom stereocenters. The van der Waals surface area contributed by atoms with Gasteiger partial charge in [-0.1, -0.05) is 19.9 Å². The van der Waals surface area contributed by atoms with Gasteiger partial charge < -0.3 is 15.1 Å². The highest BCUT2D eigenvalue weighted by molar-refractivity contribution is 7.14. The summed E-state index contributed by atoms with van der Waals surface area (Å²) in [5.74, 6) is -0.710. The number of thiazole rings is 1. The SMILES string of the molecule is CC(C)C(NC(=O)c1ccco1)C(=O)Nc1nc(-c2ccccn2)cs1. The highest BCUT2D eigenvalue weighted by atomic mass is 32.1. The Balaban J connectivity index is 1.68. The molecule has 3 aromatic rings. The first-order valence-corrected chi connectivity index (χ1v) is 8.94. The fourth-order valence-corrected chi connectivity index (χ4v) is 3.01. The van der Waals surface area contributed by atoms with E-state index >= 15 is 0 Å². The van der Waals surface area contributed by atoms with Crippen molar-refractivity contribution in [2.75, 3.05) is 5.32 Å². The van der Waals surface area contributed by atoms with Gasteiger partial charge in [-0.2, -0.15) is 0 Å². The summed E-state index contributed by atoms with van der Waals surface area (Å²) in [6.07, 6.45) is 3.10. The quantitative estimate of drug-likeness (QED) is 0.694. The van der Waals surface area contributed by atoms with Crippen LogP contribution in [0.4, 0.5) is 5.13 Å². The number of carbonyl (C=O) groups excluding carboxylic acids is 2. The van der Waals surface area contributed by atoms with E-state index in [1.54, 1.807) is 18.3 Å². The van der Waals surface area contributed by atoms with Crippen LogP contribution < -0.4 is 10.6 Å². The third kappa shape index (κ3) is 4.15. The number of amides is 2. The Kier molecular flexibility index (Phi) is 5.43. The molecular weight excluding hydrogens is 352 g/mol. The number of hydrogen-bond donors (Lipinski definition) is 2. The zero-order chi connectivity index (χ0) is 18.5. The van der Waals surface area contributed by atoms with Crippen LogP contribution in [-0.2, 0) is 4.79 Å². The number of rotatable bonds is 6. The summed E-state index contributed by atoms with van der Waals surface area (Å²) < 4.78 is 5.07. The van der Waals surface area contributed by atoms with Gasteiger partial charge in [0.2, 0.25) is 5.91 Å². The molecule has 134 valence electrons. The van der Waals surface area contributed by atoms with Crippen molar-refractivity contribution in [3.8, 4) is 11.4 Å². The van der Waals surface area contributed by atoms with Gasteiger partial charge in [-0.15, -0.1) is 11.3 Å². The largest absolute Gasteiger partial charge is 0.459 e. The Labute approximate surface area is 154 Å². The number of nitrogens with zero attached hydrogens (tertiary/aromatic N) is 2. The van der Waals surface area contributed by atoms with Crippen molar-refractivity contribution < 1.29 is 14.0 Å². The molecule has 0 spiro atoms. The molecule has 0 saturated heterocycles. The van der Waals surface area contributed by atoms with Gasteiger partial charge >= 0.3 is 0 Å². The van der Waals surface area contributed by atoms with Gasteiger partial charge in [-0.25, -0.2) is 4.98 Å². The summed E-state index contributed by atoms with van der Waals surface area (Å²) in [5.41, 5.74) is 1.42. The molecule has 0 aliphatic heterocycles. The smallest absolute Gasteiger partial charge is 0.287 e. The van der Waals surface area contributed by atoms with E-state index in [4.69, 9.17) is 4.42 Å². The summed E-state index contributed by atoms with van der Waals surface area (Å²) in [5, 5.41) is 7.73. The number of aromatic nitrogens is 2. The summed E-state index contributed by atoms with van der Waals surface area (Å²) in [7, 11) is 0. The summed E-state index contributed by atoms with van der Waals surface area (Å²) in [4.78, 5) is 33.4. The van der Waals surface area contributed by atoms with Crippen molar-refractivity contribution in [3.63, 3.8) is 0 Å². The van der Waals surface area contributed by atoms with Crippen LogP contribution in [-0.4, -0.2) is 27.8 Å². The van der Waals surface area contributed by atoms with Crippen molar-refractivity contribution >= 4 is 28.3 Å². The zero-order valence-electron chi connectivity index (χ0n) is 14.3. The Morgan fingerprint density at radius 2 is 2.00 bits per heavy atom. The lowest BCUT2D eigenvalue weighted by Crippen LogP contribution is -2.47. The lowest BCUT2D eigenvalue weighted by atomic mass is 10.0. The molecule has 3 aromatic heterocycles. The minimum absolute atomic E-state index is 0.107. The number of carbonyl (C=O) groups is 2. The molecule has 3 rings (SSSR count). The average Bonchev–Trinajstić information content (AvgIpc) is 3.32. The first-order valence-electron chi connectivity index (χ1n) is 8.06. The topological polar surface area (TPSA) is 97.1 Å². The van der Waals surface area contributed by atoms with Gasteiger partial charge in [0.15, 0.2) is 10.9 Å². The third-order valence-electron chi connectivity index (χ3n) is 3.64. The third-order valence-corrected chi connectivity index (χ3v) is 4.40. The van der Waals surface area contributed by atoms with Gasteiger partial charge in [0.05, 0.1) is 12.0 Å². The van der Waals surface area contributed by atoms with Crippen molar-refractivity contribution in [1.82, 2.24) is 15.3 Å². The monoisotopic (exact) mass is 370 g/mol. The molecule has 8 heteroatoms. The maximum absolute atomic E-state index is 12.6. The van der Waals surface area contributed by atoms with Crippen LogP contribution in [0.25, 0.3) is 11.4 Å². The van der Waals surface area contributed by atoms with E-state index in [0.717, 1.165) is 5.69 Å². The van der Waals surface area contributed by atoms with Crippen LogP contribution in [0, 0.1) is 5.92 Å². The first-order chi connectivity index (χ1) is 12.5. The highest BCUT2D eigenvalue weighted by Gasteiger charge is 2.26. The molecule has 0 aliphatic rings. The van der Waals surface area contributed by atoms with Crippen LogP contribution in [0.5, 0.6) is 0 Å². The Hall–Kier alpha value is -3.00. The fourth-order valence-electron chi connectivity index (χ4n) is 2.30. The Morgan fingerprint density at radius 3 is 2.65 bits per heavy atom. The first kappa shape index (κ1) is 17.8. The second-order valence-electron chi connectivity index (χ2n) is 5.91. The predicted octanol–water partition coefficient (Wildman–Crippen LogP) is 3.19. The van der Waals surface area contributed by atoms with Crippen LogP contribution >= 0.6 is 11.3 Å². The number of anilines is 1. The molecule has 3 heterocycles. The summed E-state index contributed by atoms with van der Waals surface area (Å²) in [6.45, 7) is 3.71. The molecule has 0 aliphatic carbocycles. The molecule has 0 saturated carbocycles. The van der Waals surface area contributed by atoms with Gasteiger partial charge in [0.25, 0.3) is 5.91 Å². The Morgan fingerprint density at radius 1 is 1.15 bits per heavy atom. The molecule has 2 N–H and O–H groups in total. The standard InChI is InChI=1S/C18H18N4O3S/c1-11(2)15(21-16(23)14-7-5-9-25-14)17(24)22-18-20-13(10-26-18)12-6-3-4-8-19-12/h3-11,15H,1-2H3,(H,21,23)(H,20,22,24). The van der Waals surface area contributed by atoms with E-state index in [1.807, 2.05) is 37.4 Å². The van der Waals surface area contributed by atoms with Crippen LogP contribution in [0.1, 0.15) is 24.4 Å². The molecule has 0 aromatic carbocycles. The number of furan rings is 1. The second kappa shape index (κ2) is 7.92. The van der Waals surface area contributed by atoms with E-state index in [-0.39, 0.29) is 17.6 Å².